The number of nitrogens with zero attached hydrogens (tertiary/aromatic N) is 2. The second-order valence-corrected chi connectivity index (χ2v) is 6.94. The van der Waals surface area contributed by atoms with Crippen molar-refractivity contribution in [3.63, 3.8) is 0 Å². The van der Waals surface area contributed by atoms with Gasteiger partial charge in [-0.05, 0) is 56.0 Å². The van der Waals surface area contributed by atoms with Gasteiger partial charge in [0.2, 0.25) is 0 Å². The van der Waals surface area contributed by atoms with Crippen molar-refractivity contribution in [1.82, 2.24) is 15.1 Å². The molecule has 28 heavy (non-hydrogen) atoms. The number of benzene rings is 2. The number of amides is 2. The molecule has 3 aromatic rings. The number of anilines is 1. The Morgan fingerprint density at radius 1 is 1.04 bits per heavy atom. The van der Waals surface area contributed by atoms with Crippen LogP contribution in [0.4, 0.5) is 5.69 Å². The SMILES string of the molecule is CNC(=O)c1cccc(NC(=O)c2nn(-c3ccccc3C)c3c2CCC3)c1. The monoisotopic (exact) mass is 374 g/mol. The second kappa shape index (κ2) is 7.31. The highest BCUT2D eigenvalue weighted by Crippen LogP contribution is 2.29. The third kappa shape index (κ3) is 3.17. The number of hydrogen-bond acceptors (Lipinski definition) is 3. The average molecular weight is 374 g/mol. The molecule has 142 valence electrons. The molecule has 1 aliphatic carbocycles. The Labute approximate surface area is 163 Å². The molecule has 1 heterocycles. The van der Waals surface area contributed by atoms with Crippen LogP contribution >= 0.6 is 0 Å². The van der Waals surface area contributed by atoms with E-state index in [4.69, 9.17) is 0 Å². The van der Waals surface area contributed by atoms with Crippen molar-refractivity contribution in [2.45, 2.75) is 26.2 Å². The van der Waals surface area contributed by atoms with Crippen molar-refractivity contribution in [2.24, 2.45) is 0 Å². The summed E-state index contributed by atoms with van der Waals surface area (Å²) in [6.45, 7) is 2.04. The van der Waals surface area contributed by atoms with E-state index < -0.39 is 0 Å². The zero-order valence-corrected chi connectivity index (χ0v) is 16.0. The van der Waals surface area contributed by atoms with Crippen LogP contribution in [0.15, 0.2) is 48.5 Å². The van der Waals surface area contributed by atoms with Gasteiger partial charge in [-0.1, -0.05) is 24.3 Å². The Hall–Kier alpha value is -3.41. The molecule has 0 radical (unpaired) electrons. The van der Waals surface area contributed by atoms with Crippen molar-refractivity contribution in [1.29, 1.82) is 0 Å². The maximum atomic E-state index is 13.0. The highest BCUT2D eigenvalue weighted by molar-refractivity contribution is 6.05. The van der Waals surface area contributed by atoms with Crippen LogP contribution in [0.5, 0.6) is 0 Å². The first-order valence-corrected chi connectivity index (χ1v) is 9.38. The van der Waals surface area contributed by atoms with Gasteiger partial charge in [0.1, 0.15) is 0 Å². The van der Waals surface area contributed by atoms with Crippen molar-refractivity contribution < 1.29 is 9.59 Å². The third-order valence-corrected chi connectivity index (χ3v) is 5.10. The van der Waals surface area contributed by atoms with E-state index in [0.29, 0.717) is 16.9 Å². The van der Waals surface area contributed by atoms with E-state index >= 15 is 0 Å². The maximum absolute atomic E-state index is 13.0. The molecule has 1 aliphatic rings. The predicted molar refractivity (Wildman–Crippen MR) is 108 cm³/mol. The smallest absolute Gasteiger partial charge is 0.276 e. The lowest BCUT2D eigenvalue weighted by atomic mass is 10.1. The molecule has 2 amide bonds. The average Bonchev–Trinajstić information content (AvgIpc) is 3.31. The molecule has 4 rings (SSSR count). The summed E-state index contributed by atoms with van der Waals surface area (Å²) in [5.74, 6) is -0.444. The molecule has 1 aromatic heterocycles. The first kappa shape index (κ1) is 18.0. The predicted octanol–water partition coefficient (Wildman–Crippen LogP) is 3.28. The number of para-hydroxylation sites is 1. The lowest BCUT2D eigenvalue weighted by Gasteiger charge is -2.08. The fourth-order valence-electron chi connectivity index (χ4n) is 3.69. The van der Waals surface area contributed by atoms with E-state index in [2.05, 4.69) is 15.7 Å². The summed E-state index contributed by atoms with van der Waals surface area (Å²) >= 11 is 0. The number of aromatic nitrogens is 2. The molecule has 0 spiro atoms. The minimum atomic E-state index is -0.250. The third-order valence-electron chi connectivity index (χ3n) is 5.10. The standard InChI is InChI=1S/C22H22N4O2/c1-14-7-3-4-11-18(14)26-19-12-6-10-17(19)20(25-26)22(28)24-16-9-5-8-15(13-16)21(27)23-2/h3-5,7-9,11,13H,6,10,12H2,1-2H3,(H,23,27)(H,24,28). The summed E-state index contributed by atoms with van der Waals surface area (Å²) in [5.41, 5.74) is 5.77. The fraction of sp³-hybridized carbons (Fsp3) is 0.227. The number of carbonyl (C=O) groups is 2. The van der Waals surface area contributed by atoms with Crippen molar-refractivity contribution in [3.8, 4) is 5.69 Å². The van der Waals surface area contributed by atoms with Gasteiger partial charge in [-0.2, -0.15) is 5.10 Å². The van der Waals surface area contributed by atoms with Gasteiger partial charge in [0.25, 0.3) is 11.8 Å². The molecule has 2 aromatic carbocycles. The molecular formula is C22H22N4O2. The minimum absolute atomic E-state index is 0.194. The van der Waals surface area contributed by atoms with Gasteiger partial charge in [-0.25, -0.2) is 4.68 Å². The summed E-state index contributed by atoms with van der Waals surface area (Å²) in [6.07, 6.45) is 2.78. The van der Waals surface area contributed by atoms with E-state index in [1.54, 1.807) is 31.3 Å². The molecule has 6 heteroatoms. The van der Waals surface area contributed by atoms with Gasteiger partial charge >= 0.3 is 0 Å². The van der Waals surface area contributed by atoms with E-state index in [9.17, 15) is 9.59 Å². The summed E-state index contributed by atoms with van der Waals surface area (Å²) in [4.78, 5) is 24.8. The van der Waals surface area contributed by atoms with Gasteiger partial charge in [0.05, 0.1) is 5.69 Å². The van der Waals surface area contributed by atoms with E-state index in [1.807, 2.05) is 35.9 Å². The van der Waals surface area contributed by atoms with Crippen LogP contribution in [0, 0.1) is 6.92 Å². The van der Waals surface area contributed by atoms with Crippen LogP contribution < -0.4 is 10.6 Å². The van der Waals surface area contributed by atoms with Crippen LogP contribution in [0.3, 0.4) is 0 Å². The Morgan fingerprint density at radius 2 is 1.86 bits per heavy atom. The lowest BCUT2D eigenvalue weighted by Crippen LogP contribution is -2.19. The number of carbonyl (C=O) groups excluding carboxylic acids is 2. The largest absolute Gasteiger partial charge is 0.355 e. The Morgan fingerprint density at radius 3 is 2.64 bits per heavy atom. The van der Waals surface area contributed by atoms with E-state index in [1.165, 1.54) is 0 Å². The number of fused-ring (bicyclic) bond motifs is 1. The van der Waals surface area contributed by atoms with Gasteiger partial charge < -0.3 is 10.6 Å². The molecule has 2 N–H and O–H groups in total. The molecule has 0 atom stereocenters. The molecule has 0 unspecified atom stereocenters. The molecule has 0 fully saturated rings. The Bertz CT molecular complexity index is 1070. The summed E-state index contributed by atoms with van der Waals surface area (Å²) in [6, 6.07) is 14.9. The lowest BCUT2D eigenvalue weighted by molar-refractivity contribution is 0.0961. The number of nitrogens with one attached hydrogen (secondary N) is 2. The van der Waals surface area contributed by atoms with Crippen molar-refractivity contribution >= 4 is 17.5 Å². The maximum Gasteiger partial charge on any atom is 0.276 e. The quantitative estimate of drug-likeness (QED) is 0.736. The molecule has 0 saturated heterocycles. The molecule has 6 nitrogen and oxygen atoms in total. The molecule has 0 aliphatic heterocycles. The zero-order valence-electron chi connectivity index (χ0n) is 16.0. The van der Waals surface area contributed by atoms with Crippen LogP contribution in [0.1, 0.15) is 44.1 Å². The molecule has 0 bridgehead atoms. The zero-order chi connectivity index (χ0) is 19.7. The number of aryl methyl sites for hydroxylation is 1. The number of rotatable bonds is 4. The number of hydrogen-bond donors (Lipinski definition) is 2. The van der Waals surface area contributed by atoms with Gasteiger partial charge in [-0.15, -0.1) is 0 Å². The van der Waals surface area contributed by atoms with Crippen molar-refractivity contribution in [3.05, 3.63) is 76.6 Å². The first-order chi connectivity index (χ1) is 13.6. The van der Waals surface area contributed by atoms with Crippen LogP contribution in [-0.4, -0.2) is 28.6 Å². The highest BCUT2D eigenvalue weighted by atomic mass is 16.2. The minimum Gasteiger partial charge on any atom is -0.355 e. The van der Waals surface area contributed by atoms with Gasteiger partial charge in [0, 0.05) is 29.6 Å². The van der Waals surface area contributed by atoms with Crippen LogP contribution in [-0.2, 0) is 12.8 Å². The second-order valence-electron chi connectivity index (χ2n) is 6.94. The first-order valence-electron chi connectivity index (χ1n) is 9.38. The fourth-order valence-corrected chi connectivity index (χ4v) is 3.69. The summed E-state index contributed by atoms with van der Waals surface area (Å²) < 4.78 is 1.91. The summed E-state index contributed by atoms with van der Waals surface area (Å²) in [7, 11) is 1.58. The van der Waals surface area contributed by atoms with Crippen LogP contribution in [0.2, 0.25) is 0 Å². The molecule has 0 saturated carbocycles. The normalized spacial score (nSPS) is 12.5. The topological polar surface area (TPSA) is 76.0 Å². The van der Waals surface area contributed by atoms with Crippen LogP contribution in [0.25, 0.3) is 5.69 Å². The van der Waals surface area contributed by atoms with E-state index in [0.717, 1.165) is 41.8 Å². The molecular weight excluding hydrogens is 352 g/mol. The van der Waals surface area contributed by atoms with Gasteiger partial charge in [0.15, 0.2) is 5.69 Å². The van der Waals surface area contributed by atoms with E-state index in [-0.39, 0.29) is 11.8 Å². The summed E-state index contributed by atoms with van der Waals surface area (Å²) in [5, 5.41) is 10.1. The highest BCUT2D eigenvalue weighted by Gasteiger charge is 2.27. The van der Waals surface area contributed by atoms with Gasteiger partial charge in [-0.3, -0.25) is 9.59 Å². The van der Waals surface area contributed by atoms with Crippen molar-refractivity contribution in [2.75, 3.05) is 12.4 Å². The Kier molecular flexibility index (Phi) is 4.69. The Balaban J connectivity index is 1.67.